The number of amides is 2. The van der Waals surface area contributed by atoms with Crippen LogP contribution in [0.3, 0.4) is 0 Å². The van der Waals surface area contributed by atoms with Gasteiger partial charge in [-0.2, -0.15) is 4.99 Å². The molecule has 0 spiro atoms. The average Bonchev–Trinajstić information content (AvgIpc) is 2.28. The van der Waals surface area contributed by atoms with Gasteiger partial charge in [0.25, 0.3) is 0 Å². The number of aliphatic imine (C=N–C) groups is 1. The molecule has 0 unspecified atom stereocenters. The van der Waals surface area contributed by atoms with Crippen molar-refractivity contribution in [1.29, 1.82) is 0 Å². The van der Waals surface area contributed by atoms with E-state index in [4.69, 9.17) is 0 Å². The van der Waals surface area contributed by atoms with Crippen molar-refractivity contribution in [2.45, 2.75) is 6.92 Å². The lowest BCUT2D eigenvalue weighted by molar-refractivity contribution is -0.117. The molecule has 0 aliphatic carbocycles. The van der Waals surface area contributed by atoms with Crippen molar-refractivity contribution in [2.24, 2.45) is 4.99 Å². The van der Waals surface area contributed by atoms with Gasteiger partial charge < -0.3 is 10.1 Å². The number of hydrogen-bond donors (Lipinski definition) is 1. The molecule has 0 aliphatic rings. The van der Waals surface area contributed by atoms with E-state index in [1.807, 2.05) is 6.07 Å². The van der Waals surface area contributed by atoms with E-state index in [0.29, 0.717) is 5.56 Å². The number of nitrogens with one attached hydrogen (secondary N) is 1. The first-order valence-electron chi connectivity index (χ1n) is 4.63. The monoisotopic (exact) mass is 220 g/mol. The molecule has 84 valence electrons. The summed E-state index contributed by atoms with van der Waals surface area (Å²) in [5.74, 6) is -0.119. The summed E-state index contributed by atoms with van der Waals surface area (Å²) in [5.41, 5.74) is 0.642. The van der Waals surface area contributed by atoms with Gasteiger partial charge in [0.2, 0.25) is 5.91 Å². The molecule has 1 N–H and O–H groups in total. The molecule has 2 amide bonds. The molecular formula is C11H12N2O3. The Morgan fingerprint density at radius 2 is 1.88 bits per heavy atom. The van der Waals surface area contributed by atoms with Crippen molar-refractivity contribution in [1.82, 2.24) is 5.32 Å². The Balaban J connectivity index is 3.01. The summed E-state index contributed by atoms with van der Waals surface area (Å²) >= 11 is 0. The van der Waals surface area contributed by atoms with E-state index < -0.39 is 6.09 Å². The van der Waals surface area contributed by atoms with Crippen LogP contribution in [0.25, 0.3) is 0 Å². The summed E-state index contributed by atoms with van der Waals surface area (Å²) in [5, 5.41) is 2.47. The molecule has 0 fully saturated rings. The molecular weight excluding hydrogens is 208 g/mol. The lowest BCUT2D eigenvalue weighted by Gasteiger charge is -2.05. The molecule has 0 radical (unpaired) electrons. The summed E-state index contributed by atoms with van der Waals surface area (Å²) in [6, 6.07) is 8.86. The first-order chi connectivity index (χ1) is 7.63. The smallest absolute Gasteiger partial charge is 0.435 e. The second kappa shape index (κ2) is 5.65. The molecule has 0 aliphatic heterocycles. The molecule has 0 bridgehead atoms. The van der Waals surface area contributed by atoms with E-state index in [9.17, 15) is 9.59 Å². The van der Waals surface area contributed by atoms with E-state index >= 15 is 0 Å². The topological polar surface area (TPSA) is 67.8 Å². The standard InChI is InChI=1S/C11H12N2O3/c1-8(14)12-10(13-11(15)16-2)9-6-4-3-5-7-9/h3-7H,1-2H3,(H,12,13,14,15). The van der Waals surface area contributed by atoms with Crippen molar-refractivity contribution in [2.75, 3.05) is 7.11 Å². The molecule has 0 heterocycles. The third kappa shape index (κ3) is 3.53. The Kier molecular flexibility index (Phi) is 4.20. The molecule has 5 nitrogen and oxygen atoms in total. The summed E-state index contributed by atoms with van der Waals surface area (Å²) < 4.78 is 4.41. The summed E-state index contributed by atoms with van der Waals surface area (Å²) in [6.07, 6.45) is -0.757. The van der Waals surface area contributed by atoms with Gasteiger partial charge >= 0.3 is 6.09 Å². The summed E-state index contributed by atoms with van der Waals surface area (Å²) in [7, 11) is 1.22. The molecule has 0 saturated carbocycles. The average molecular weight is 220 g/mol. The minimum Gasteiger partial charge on any atom is -0.451 e. The molecule has 0 aromatic heterocycles. The maximum absolute atomic E-state index is 11.0. The van der Waals surface area contributed by atoms with Crippen LogP contribution in [0.4, 0.5) is 4.79 Å². The zero-order valence-corrected chi connectivity index (χ0v) is 9.06. The van der Waals surface area contributed by atoms with E-state index in [-0.39, 0.29) is 11.7 Å². The number of amidine groups is 1. The minimum absolute atomic E-state index is 0.181. The fraction of sp³-hybridized carbons (Fsp3) is 0.182. The zero-order chi connectivity index (χ0) is 12.0. The lowest BCUT2D eigenvalue weighted by Crippen LogP contribution is -2.29. The number of methoxy groups -OCH3 is 1. The highest BCUT2D eigenvalue weighted by Crippen LogP contribution is 2.00. The lowest BCUT2D eigenvalue weighted by atomic mass is 10.2. The third-order valence-corrected chi connectivity index (χ3v) is 1.72. The van der Waals surface area contributed by atoms with Gasteiger partial charge in [0, 0.05) is 12.5 Å². The van der Waals surface area contributed by atoms with Crippen LogP contribution in [-0.2, 0) is 9.53 Å². The largest absolute Gasteiger partial charge is 0.451 e. The van der Waals surface area contributed by atoms with Gasteiger partial charge in [-0.3, -0.25) is 4.79 Å². The van der Waals surface area contributed by atoms with Crippen molar-refractivity contribution in [3.05, 3.63) is 35.9 Å². The number of carbonyl (C=O) groups is 2. The molecule has 0 atom stereocenters. The fourth-order valence-electron chi connectivity index (χ4n) is 1.06. The molecule has 1 rings (SSSR count). The quantitative estimate of drug-likeness (QED) is 0.573. The molecule has 1 aromatic rings. The fourth-order valence-corrected chi connectivity index (χ4v) is 1.06. The van der Waals surface area contributed by atoms with Gasteiger partial charge in [0.15, 0.2) is 0 Å². The van der Waals surface area contributed by atoms with E-state index in [1.165, 1.54) is 14.0 Å². The van der Waals surface area contributed by atoms with Gasteiger partial charge in [0.1, 0.15) is 5.84 Å². The van der Waals surface area contributed by atoms with Gasteiger partial charge in [-0.15, -0.1) is 0 Å². The zero-order valence-electron chi connectivity index (χ0n) is 9.06. The first-order valence-corrected chi connectivity index (χ1v) is 4.63. The Hall–Kier alpha value is -2.17. The number of ether oxygens (including phenoxy) is 1. The van der Waals surface area contributed by atoms with Crippen LogP contribution in [0.2, 0.25) is 0 Å². The van der Waals surface area contributed by atoms with Crippen LogP contribution >= 0.6 is 0 Å². The van der Waals surface area contributed by atoms with E-state index in [2.05, 4.69) is 15.0 Å². The molecule has 1 aromatic carbocycles. The Labute approximate surface area is 93.1 Å². The highest BCUT2D eigenvalue weighted by Gasteiger charge is 2.07. The SMILES string of the molecule is COC(=O)/N=C(/NC(C)=O)c1ccccc1. The normalized spacial score (nSPS) is 10.8. The van der Waals surface area contributed by atoms with Gasteiger partial charge in [0.05, 0.1) is 7.11 Å². The van der Waals surface area contributed by atoms with Crippen molar-refractivity contribution in [3.8, 4) is 0 Å². The van der Waals surface area contributed by atoms with Crippen molar-refractivity contribution >= 4 is 17.8 Å². The predicted octanol–water partition coefficient (Wildman–Crippen LogP) is 1.34. The van der Waals surface area contributed by atoms with E-state index in [0.717, 1.165) is 0 Å². The molecule has 0 saturated heterocycles. The van der Waals surface area contributed by atoms with Crippen LogP contribution in [0.15, 0.2) is 35.3 Å². The first kappa shape index (κ1) is 11.9. The maximum Gasteiger partial charge on any atom is 0.435 e. The Morgan fingerprint density at radius 3 is 2.38 bits per heavy atom. The molecule has 16 heavy (non-hydrogen) atoms. The number of nitrogens with zero attached hydrogens (tertiary/aromatic N) is 1. The minimum atomic E-state index is -0.757. The third-order valence-electron chi connectivity index (χ3n) is 1.72. The van der Waals surface area contributed by atoms with Gasteiger partial charge in [-0.1, -0.05) is 30.3 Å². The summed E-state index contributed by atoms with van der Waals surface area (Å²) in [4.78, 5) is 25.6. The number of benzene rings is 1. The number of rotatable bonds is 1. The highest BCUT2D eigenvalue weighted by atomic mass is 16.5. The van der Waals surface area contributed by atoms with Crippen LogP contribution < -0.4 is 5.32 Å². The number of carbonyl (C=O) groups excluding carboxylic acids is 2. The summed E-state index contributed by atoms with van der Waals surface area (Å²) in [6.45, 7) is 1.34. The van der Waals surface area contributed by atoms with E-state index in [1.54, 1.807) is 24.3 Å². The van der Waals surface area contributed by atoms with Crippen LogP contribution in [0.1, 0.15) is 12.5 Å². The predicted molar refractivity (Wildman–Crippen MR) is 59.2 cm³/mol. The van der Waals surface area contributed by atoms with Crippen LogP contribution in [0.5, 0.6) is 0 Å². The Bertz CT molecular complexity index is 412. The molecule has 5 heteroatoms. The van der Waals surface area contributed by atoms with Crippen LogP contribution in [0, 0.1) is 0 Å². The Morgan fingerprint density at radius 1 is 1.25 bits per heavy atom. The van der Waals surface area contributed by atoms with Crippen molar-refractivity contribution < 1.29 is 14.3 Å². The highest BCUT2D eigenvalue weighted by molar-refractivity contribution is 6.10. The number of hydrogen-bond acceptors (Lipinski definition) is 3. The second-order valence-electron chi connectivity index (χ2n) is 2.98. The van der Waals surface area contributed by atoms with Crippen molar-refractivity contribution in [3.63, 3.8) is 0 Å². The maximum atomic E-state index is 11.0. The second-order valence-corrected chi connectivity index (χ2v) is 2.98. The van der Waals surface area contributed by atoms with Crippen LogP contribution in [-0.4, -0.2) is 24.9 Å². The van der Waals surface area contributed by atoms with Gasteiger partial charge in [-0.25, -0.2) is 4.79 Å². The van der Waals surface area contributed by atoms with Gasteiger partial charge in [-0.05, 0) is 0 Å².